The first-order chi connectivity index (χ1) is 12.4. The predicted octanol–water partition coefficient (Wildman–Crippen LogP) is 5.57. The van der Waals surface area contributed by atoms with Crippen molar-refractivity contribution in [2.75, 3.05) is 28.2 Å². The predicted molar refractivity (Wildman–Crippen MR) is 105 cm³/mol. The molecule has 0 amide bonds. The number of nitrogens with zero attached hydrogens (tertiary/aromatic N) is 2. The summed E-state index contributed by atoms with van der Waals surface area (Å²) in [4.78, 5) is 4.40. The monoisotopic (exact) mass is 576 g/mol. The maximum absolute atomic E-state index is 4.49. The van der Waals surface area contributed by atoms with E-state index in [4.69, 9.17) is 0 Å². The second-order valence-corrected chi connectivity index (χ2v) is 6.32. The summed E-state index contributed by atoms with van der Waals surface area (Å²) in [5.41, 5.74) is 4.64. The summed E-state index contributed by atoms with van der Waals surface area (Å²) >= 11 is 4.44. The first kappa shape index (κ1) is 26.3. The molecule has 150 valence electrons. The van der Waals surface area contributed by atoms with Gasteiger partial charge in [-0.05, 0) is 42.0 Å². The Balaban J connectivity index is 0.00000146. The van der Waals surface area contributed by atoms with Crippen LogP contribution in [0.5, 0.6) is 0 Å². The van der Waals surface area contributed by atoms with Crippen molar-refractivity contribution in [2.24, 2.45) is 0 Å². The van der Waals surface area contributed by atoms with Crippen molar-refractivity contribution in [3.8, 4) is 11.1 Å². The molecule has 0 unspecified atom stereocenters. The summed E-state index contributed by atoms with van der Waals surface area (Å²) in [7, 11) is 17.4. The Hall–Kier alpha value is 0.265. The molecule has 0 aromatic heterocycles. The van der Waals surface area contributed by atoms with Crippen LogP contribution in [0.2, 0.25) is 0 Å². The van der Waals surface area contributed by atoms with Crippen molar-refractivity contribution in [1.82, 2.24) is 9.80 Å². The van der Waals surface area contributed by atoms with Gasteiger partial charge in [-0.15, -0.1) is 23.3 Å². The fraction of sp³-hybridized carbons (Fsp3) is 0.400. The van der Waals surface area contributed by atoms with Crippen LogP contribution < -0.4 is 0 Å². The summed E-state index contributed by atoms with van der Waals surface area (Å²) in [6.45, 7) is 4.40. The Morgan fingerprint density at radius 1 is 0.692 bits per heavy atom. The molecule has 2 rings (SSSR count). The van der Waals surface area contributed by atoms with Gasteiger partial charge < -0.3 is 9.80 Å². The molecule has 0 bridgehead atoms. The van der Waals surface area contributed by atoms with Crippen LogP contribution >= 0.6 is 19.1 Å². The normalized spacial score (nSPS) is 12.7. The van der Waals surface area contributed by atoms with Crippen molar-refractivity contribution in [2.45, 2.75) is 25.9 Å². The number of rotatable bonds is 5. The second-order valence-electron chi connectivity index (χ2n) is 6.32. The van der Waals surface area contributed by atoms with Gasteiger partial charge in [0.15, 0.2) is 0 Å². The first-order valence-electron chi connectivity index (χ1n) is 8.01. The summed E-state index contributed by atoms with van der Waals surface area (Å²) in [6.07, 6.45) is 0. The Labute approximate surface area is 189 Å². The minimum atomic E-state index is 0.351. The molecule has 2 atom stereocenters. The van der Waals surface area contributed by atoms with Crippen LogP contribution in [0.4, 0.5) is 0 Å². The number of benzene rings is 2. The fourth-order valence-electron chi connectivity index (χ4n) is 2.33. The van der Waals surface area contributed by atoms with Crippen LogP contribution in [0.15, 0.2) is 36.4 Å². The average molecular weight is 578 g/mol. The van der Waals surface area contributed by atoms with Crippen LogP contribution in [0.1, 0.15) is 37.1 Å². The third-order valence-electron chi connectivity index (χ3n) is 4.37. The molecule has 0 aliphatic rings. The molecule has 0 heterocycles. The summed E-state index contributed by atoms with van der Waals surface area (Å²) in [5.74, 6) is 0. The van der Waals surface area contributed by atoms with Crippen molar-refractivity contribution < 1.29 is 36.4 Å². The Kier molecular flexibility index (Phi) is 14.4. The van der Waals surface area contributed by atoms with E-state index < -0.39 is 0 Å². The first-order valence-corrected chi connectivity index (χ1v) is 12.0. The zero-order valence-electron chi connectivity index (χ0n) is 15.9. The third kappa shape index (κ3) is 8.10. The Bertz CT molecular complexity index is 581. The van der Waals surface area contributed by atoms with Gasteiger partial charge in [0.25, 0.3) is 0 Å². The molecule has 2 aromatic carbocycles. The third-order valence-corrected chi connectivity index (χ3v) is 4.37. The van der Waals surface area contributed by atoms with Gasteiger partial charge in [0.05, 0.1) is 0 Å². The van der Waals surface area contributed by atoms with Gasteiger partial charge in [-0.2, -0.15) is 36.4 Å². The standard InChI is InChI=1S/C20H26N2.2ClH.2Pd/c1-15(21(3)4)17-9-7-11-19(13-17)20-12-8-10-18(14-20)16(2)22(5)6;;;;/h7-12,15-16H,1-6H3;2*1H;;/q-2;;;2*+2/p-2/t15-,16+;;;;. The molecule has 0 fully saturated rings. The van der Waals surface area contributed by atoms with Gasteiger partial charge in [0.2, 0.25) is 0 Å². The van der Waals surface area contributed by atoms with Crippen molar-refractivity contribution in [1.29, 1.82) is 0 Å². The van der Waals surface area contributed by atoms with Crippen LogP contribution in [-0.4, -0.2) is 38.0 Å². The minimum absolute atomic E-state index is 0.351. The Morgan fingerprint density at radius 3 is 1.27 bits per heavy atom. The van der Waals surface area contributed by atoms with Gasteiger partial charge in [-0.1, -0.05) is 0 Å². The van der Waals surface area contributed by atoms with Crippen LogP contribution in [-0.2, 0) is 36.4 Å². The molecule has 0 saturated carbocycles. The molecule has 0 aliphatic carbocycles. The molecule has 2 aromatic rings. The molecular weight excluding hydrogens is 552 g/mol. The molecular formula is C20H26Cl2N2Pd2. The molecule has 0 N–H and O–H groups in total. The zero-order chi connectivity index (χ0) is 20.3. The van der Waals surface area contributed by atoms with Crippen LogP contribution in [0.3, 0.4) is 0 Å². The van der Waals surface area contributed by atoms with E-state index in [1.165, 1.54) is 11.1 Å². The fourth-order valence-corrected chi connectivity index (χ4v) is 2.33. The summed E-state index contributed by atoms with van der Waals surface area (Å²) in [5, 5.41) is 0. The number of halogens is 2. The van der Waals surface area contributed by atoms with E-state index in [0.29, 0.717) is 12.1 Å². The molecule has 0 radical (unpaired) electrons. The van der Waals surface area contributed by atoms with Crippen molar-refractivity contribution in [3.05, 3.63) is 59.7 Å². The second kappa shape index (κ2) is 14.3. The maximum atomic E-state index is 4.49. The van der Waals surface area contributed by atoms with Crippen molar-refractivity contribution in [3.63, 3.8) is 0 Å². The Morgan fingerprint density at radius 2 is 1.00 bits per heavy atom. The molecule has 6 heteroatoms. The van der Waals surface area contributed by atoms with Crippen molar-refractivity contribution >= 4 is 19.1 Å². The topological polar surface area (TPSA) is 6.48 Å². The molecule has 0 aliphatic heterocycles. The average Bonchev–Trinajstić information content (AvgIpc) is 2.70. The van der Waals surface area contributed by atoms with Gasteiger partial charge >= 0.3 is 55.4 Å². The van der Waals surface area contributed by atoms with E-state index >= 15 is 0 Å². The number of hydrogen-bond donors (Lipinski definition) is 0. The quantitative estimate of drug-likeness (QED) is 0.338. The van der Waals surface area contributed by atoms with E-state index in [-0.39, 0.29) is 0 Å². The number of hydrogen-bond acceptors (Lipinski definition) is 2. The van der Waals surface area contributed by atoms with Gasteiger partial charge in [-0.25, -0.2) is 11.1 Å². The molecule has 0 saturated heterocycles. The summed E-state index contributed by atoms with van der Waals surface area (Å²) < 4.78 is 0. The van der Waals surface area contributed by atoms with Gasteiger partial charge in [0.1, 0.15) is 0 Å². The molecule has 0 spiro atoms. The van der Waals surface area contributed by atoms with E-state index in [9.17, 15) is 0 Å². The summed E-state index contributed by atoms with van der Waals surface area (Å²) in [6, 6.07) is 20.5. The van der Waals surface area contributed by atoms with Crippen LogP contribution in [0.25, 0.3) is 11.1 Å². The van der Waals surface area contributed by atoms with Crippen LogP contribution in [0, 0.1) is 12.1 Å². The van der Waals surface area contributed by atoms with Gasteiger partial charge in [0, 0.05) is 12.1 Å². The van der Waals surface area contributed by atoms with E-state index in [0.717, 1.165) is 11.1 Å². The molecule has 2 nitrogen and oxygen atoms in total. The SMILES string of the molecule is C[C@H](c1[c-]c(-c2[c-]c([C@H](C)N(C)C)ccc2)ccc1)N(C)C.[Cl][Pd+].[Cl][Pd+]. The van der Waals surface area contributed by atoms with E-state index in [1.807, 2.05) is 0 Å². The zero-order valence-corrected chi connectivity index (χ0v) is 20.5. The molecule has 26 heavy (non-hydrogen) atoms. The van der Waals surface area contributed by atoms with E-state index in [2.05, 4.69) is 156 Å². The van der Waals surface area contributed by atoms with Gasteiger partial charge in [-0.3, -0.25) is 0 Å². The van der Waals surface area contributed by atoms with E-state index in [1.54, 1.807) is 0 Å².